The first-order valence-corrected chi connectivity index (χ1v) is 10.9. The molecule has 0 saturated heterocycles. The lowest BCUT2D eigenvalue weighted by Gasteiger charge is -2.13. The summed E-state index contributed by atoms with van der Waals surface area (Å²) in [6, 6.07) is 3.89. The summed E-state index contributed by atoms with van der Waals surface area (Å²) in [6.07, 6.45) is 9.65. The molecule has 0 aliphatic carbocycles. The maximum atomic E-state index is 13.8. The number of nitrogens with two attached hydrogens (primary N) is 1. The lowest BCUT2D eigenvalue weighted by Crippen LogP contribution is -2.25. The Morgan fingerprint density at radius 1 is 1.17 bits per heavy atom. The zero-order chi connectivity index (χ0) is 26.8. The zero-order valence-electron chi connectivity index (χ0n) is 20.0. The number of carbonyl (C=O) groups excluding carboxylic acids is 2. The van der Waals surface area contributed by atoms with Gasteiger partial charge in [0.25, 0.3) is 11.8 Å². The molecular weight excluding hydrogens is 469 g/mol. The van der Waals surface area contributed by atoms with Crippen molar-refractivity contribution in [2.45, 2.75) is 26.8 Å². The lowest BCUT2D eigenvalue weighted by molar-refractivity contribution is 0.0950. The molecule has 0 bridgehead atoms. The van der Waals surface area contributed by atoms with Gasteiger partial charge in [0.1, 0.15) is 5.82 Å². The summed E-state index contributed by atoms with van der Waals surface area (Å²) in [7, 11) is 0. The highest BCUT2D eigenvalue weighted by Gasteiger charge is 2.22. The number of allylic oxidation sites excluding steroid dienone is 6. The minimum atomic E-state index is -1.36. The molecule has 6 nitrogen and oxygen atoms in total. The number of anilines is 1. The number of hydrogen-bond donors (Lipinski definition) is 3. The van der Waals surface area contributed by atoms with Gasteiger partial charge < -0.3 is 11.1 Å². The van der Waals surface area contributed by atoms with Crippen LogP contribution in [-0.2, 0) is 6.54 Å². The summed E-state index contributed by atoms with van der Waals surface area (Å²) in [5.41, 5.74) is 10.3. The molecule has 188 valence electrons. The number of halogens is 3. The van der Waals surface area contributed by atoms with E-state index in [-0.39, 0.29) is 22.4 Å². The Balaban J connectivity index is 0.000000830. The van der Waals surface area contributed by atoms with Crippen molar-refractivity contribution in [2.24, 2.45) is 5.10 Å². The van der Waals surface area contributed by atoms with Crippen LogP contribution in [0.15, 0.2) is 72.4 Å². The molecule has 2 aromatic rings. The van der Waals surface area contributed by atoms with Gasteiger partial charge in [-0.3, -0.25) is 9.59 Å². The van der Waals surface area contributed by atoms with Gasteiger partial charge in [0.05, 0.1) is 11.8 Å². The highest BCUT2D eigenvalue weighted by molar-refractivity contribution is 6.19. The molecule has 0 spiro atoms. The number of benzene rings is 2. The molecule has 36 heavy (non-hydrogen) atoms. The van der Waals surface area contributed by atoms with E-state index in [1.54, 1.807) is 6.08 Å². The molecular formula is C27H27F3N4O2. The predicted molar refractivity (Wildman–Crippen MR) is 137 cm³/mol. The van der Waals surface area contributed by atoms with Crippen molar-refractivity contribution in [1.82, 2.24) is 10.7 Å². The van der Waals surface area contributed by atoms with Crippen molar-refractivity contribution in [3.8, 4) is 0 Å². The van der Waals surface area contributed by atoms with E-state index in [0.717, 1.165) is 18.1 Å². The van der Waals surface area contributed by atoms with E-state index in [9.17, 15) is 22.8 Å². The van der Waals surface area contributed by atoms with Crippen LogP contribution in [0.4, 0.5) is 18.9 Å². The van der Waals surface area contributed by atoms with Crippen molar-refractivity contribution in [2.75, 3.05) is 5.73 Å². The third kappa shape index (κ3) is 7.05. The third-order valence-electron chi connectivity index (χ3n) is 5.01. The van der Waals surface area contributed by atoms with Crippen molar-refractivity contribution < 1.29 is 22.8 Å². The summed E-state index contributed by atoms with van der Waals surface area (Å²) >= 11 is 0. The van der Waals surface area contributed by atoms with Crippen LogP contribution >= 0.6 is 0 Å². The van der Waals surface area contributed by atoms with Gasteiger partial charge in [-0.05, 0) is 38.5 Å². The first-order valence-electron chi connectivity index (χ1n) is 10.9. The van der Waals surface area contributed by atoms with Gasteiger partial charge in [-0.1, -0.05) is 29.9 Å². The highest BCUT2D eigenvalue weighted by Crippen LogP contribution is 2.29. The van der Waals surface area contributed by atoms with Crippen LogP contribution in [0.2, 0.25) is 0 Å². The number of hydrazone groups is 1. The molecule has 1 heterocycles. The second-order valence-corrected chi connectivity index (χ2v) is 7.68. The van der Waals surface area contributed by atoms with E-state index in [1.807, 2.05) is 32.1 Å². The third-order valence-corrected chi connectivity index (χ3v) is 5.01. The standard InChI is InChI=1S/C22H19F3N4O2.C5H8/c1-3-11(2)4-13-10-28-29-22(31)16-6-12(7-18(26)19(13)16)21(30)27-9-14-5-15(23)8-17(24)20(14)25;1-3-5-4-2/h3-8,10H,9,26H2,1-2H3,(H,27,30)(H,29,31);3-4H,1-2,5H2/b11-3+,13-4+;. The van der Waals surface area contributed by atoms with Crippen LogP contribution in [0, 0.1) is 17.5 Å². The van der Waals surface area contributed by atoms with Gasteiger partial charge in [0, 0.05) is 40.6 Å². The molecule has 0 saturated carbocycles. The minimum Gasteiger partial charge on any atom is -0.398 e. The molecule has 3 rings (SSSR count). The number of amides is 2. The van der Waals surface area contributed by atoms with Crippen LogP contribution in [0.5, 0.6) is 0 Å². The highest BCUT2D eigenvalue weighted by atomic mass is 19.2. The number of nitrogen functional groups attached to an aromatic ring is 1. The summed E-state index contributed by atoms with van der Waals surface area (Å²) in [6.45, 7) is 10.2. The van der Waals surface area contributed by atoms with Gasteiger partial charge in [-0.15, -0.1) is 13.2 Å². The Morgan fingerprint density at radius 2 is 1.86 bits per heavy atom. The van der Waals surface area contributed by atoms with E-state index >= 15 is 0 Å². The van der Waals surface area contributed by atoms with E-state index < -0.39 is 35.8 Å². The van der Waals surface area contributed by atoms with E-state index in [0.29, 0.717) is 17.2 Å². The second-order valence-electron chi connectivity index (χ2n) is 7.68. The Bertz CT molecular complexity index is 1270. The fraction of sp³-hybridized carbons (Fsp3) is 0.148. The van der Waals surface area contributed by atoms with Crippen LogP contribution in [0.3, 0.4) is 0 Å². The molecule has 9 heteroatoms. The van der Waals surface area contributed by atoms with Gasteiger partial charge >= 0.3 is 0 Å². The van der Waals surface area contributed by atoms with Gasteiger partial charge in [0.2, 0.25) is 0 Å². The fourth-order valence-electron chi connectivity index (χ4n) is 3.15. The topological polar surface area (TPSA) is 96.6 Å². The van der Waals surface area contributed by atoms with E-state index in [4.69, 9.17) is 5.73 Å². The Morgan fingerprint density at radius 3 is 2.47 bits per heavy atom. The average Bonchev–Trinajstić information content (AvgIpc) is 2.99. The molecule has 4 N–H and O–H groups in total. The number of nitrogens with one attached hydrogen (secondary N) is 2. The monoisotopic (exact) mass is 496 g/mol. The van der Waals surface area contributed by atoms with Crippen molar-refractivity contribution in [3.63, 3.8) is 0 Å². The van der Waals surface area contributed by atoms with Gasteiger partial charge in [-0.25, -0.2) is 18.6 Å². The first kappa shape index (κ1) is 27.8. The Labute approximate surface area is 207 Å². The largest absolute Gasteiger partial charge is 0.398 e. The minimum absolute atomic E-state index is 0.0210. The number of rotatable bonds is 6. The molecule has 0 atom stereocenters. The summed E-state index contributed by atoms with van der Waals surface area (Å²) in [5.74, 6) is -4.84. The molecule has 1 aliphatic rings. The van der Waals surface area contributed by atoms with Crippen molar-refractivity contribution >= 4 is 29.3 Å². The second kappa shape index (κ2) is 12.9. The summed E-state index contributed by atoms with van der Waals surface area (Å²) in [5, 5.41) is 6.24. The first-order chi connectivity index (χ1) is 17.1. The molecule has 0 fully saturated rings. The van der Waals surface area contributed by atoms with Crippen LogP contribution in [0.1, 0.15) is 52.1 Å². The molecule has 0 unspecified atom stereocenters. The maximum Gasteiger partial charge on any atom is 0.272 e. The smallest absolute Gasteiger partial charge is 0.272 e. The predicted octanol–water partition coefficient (Wildman–Crippen LogP) is 5.44. The molecule has 0 aromatic heterocycles. The SMILES string of the molecule is C/C=C(C)/C=C1\C=NNC(=O)c2cc(C(=O)NCc3cc(F)cc(F)c3F)cc(N)c21.C=CCC=C. The number of fused-ring (bicyclic) bond motifs is 1. The Hall–Kier alpha value is -4.40. The normalized spacial score (nSPS) is 13.6. The van der Waals surface area contributed by atoms with Crippen molar-refractivity contribution in [3.05, 3.63) is 107 Å². The quantitative estimate of drug-likeness (QED) is 0.282. The number of carbonyl (C=O) groups is 2. The summed E-state index contributed by atoms with van der Waals surface area (Å²) < 4.78 is 40.5. The molecule has 2 aromatic carbocycles. The van der Waals surface area contributed by atoms with Gasteiger partial charge in [0.15, 0.2) is 11.6 Å². The van der Waals surface area contributed by atoms with Crippen LogP contribution in [0.25, 0.3) is 5.57 Å². The molecule has 0 radical (unpaired) electrons. The number of nitrogens with zero attached hydrogens (tertiary/aromatic N) is 1. The molecule has 2 amide bonds. The van der Waals surface area contributed by atoms with Gasteiger partial charge in [-0.2, -0.15) is 5.10 Å². The lowest BCUT2D eigenvalue weighted by atomic mass is 9.94. The van der Waals surface area contributed by atoms with E-state index in [2.05, 4.69) is 29.0 Å². The Kier molecular flexibility index (Phi) is 9.97. The fourth-order valence-corrected chi connectivity index (χ4v) is 3.15. The average molecular weight is 497 g/mol. The van der Waals surface area contributed by atoms with Crippen LogP contribution < -0.4 is 16.5 Å². The van der Waals surface area contributed by atoms with Crippen molar-refractivity contribution in [1.29, 1.82) is 0 Å². The summed E-state index contributed by atoms with van der Waals surface area (Å²) in [4.78, 5) is 25.0. The number of hydrogen-bond acceptors (Lipinski definition) is 4. The van der Waals surface area contributed by atoms with E-state index in [1.165, 1.54) is 18.3 Å². The van der Waals surface area contributed by atoms with Crippen LogP contribution in [-0.4, -0.2) is 18.0 Å². The molecule has 1 aliphatic heterocycles. The zero-order valence-corrected chi connectivity index (χ0v) is 20.0. The maximum absolute atomic E-state index is 13.8.